The number of hydrogen-bond donors (Lipinski definition) is 0. The monoisotopic (exact) mass is 466 g/mol. The SMILES string of the molecule is Cc1csc(N2CCCN(C(=O)C3CCCN3C(=O)c3cc(Cl)cc(Cl)c3)CC2)n1. The van der Waals surface area contributed by atoms with Crippen molar-refractivity contribution in [3.63, 3.8) is 0 Å². The summed E-state index contributed by atoms with van der Waals surface area (Å²) in [5.74, 6) is -0.156. The summed E-state index contributed by atoms with van der Waals surface area (Å²) in [5, 5.41) is 3.89. The van der Waals surface area contributed by atoms with Gasteiger partial charge < -0.3 is 14.7 Å². The van der Waals surface area contributed by atoms with Crippen molar-refractivity contribution in [1.29, 1.82) is 0 Å². The molecule has 1 atom stereocenters. The maximum atomic E-state index is 13.3. The van der Waals surface area contributed by atoms with E-state index >= 15 is 0 Å². The maximum absolute atomic E-state index is 13.3. The normalized spacial score (nSPS) is 19.8. The molecule has 0 bridgehead atoms. The fourth-order valence-electron chi connectivity index (χ4n) is 4.14. The van der Waals surface area contributed by atoms with Crippen LogP contribution < -0.4 is 4.90 Å². The first-order chi connectivity index (χ1) is 14.4. The summed E-state index contributed by atoms with van der Waals surface area (Å²) in [7, 11) is 0. The Balaban J connectivity index is 1.45. The van der Waals surface area contributed by atoms with E-state index in [1.165, 1.54) is 0 Å². The van der Waals surface area contributed by atoms with Gasteiger partial charge in [0.1, 0.15) is 6.04 Å². The third-order valence-corrected chi connectivity index (χ3v) is 7.05. The van der Waals surface area contributed by atoms with E-state index in [9.17, 15) is 9.59 Å². The highest BCUT2D eigenvalue weighted by Gasteiger charge is 2.37. The summed E-state index contributed by atoms with van der Waals surface area (Å²) in [5.41, 5.74) is 1.45. The Morgan fingerprint density at radius 3 is 2.50 bits per heavy atom. The smallest absolute Gasteiger partial charge is 0.254 e. The van der Waals surface area contributed by atoms with Crippen molar-refractivity contribution < 1.29 is 9.59 Å². The van der Waals surface area contributed by atoms with Crippen LogP contribution in [0.25, 0.3) is 0 Å². The highest BCUT2D eigenvalue weighted by molar-refractivity contribution is 7.13. The second kappa shape index (κ2) is 9.12. The summed E-state index contributed by atoms with van der Waals surface area (Å²) in [6, 6.07) is 4.38. The molecule has 0 spiro atoms. The van der Waals surface area contributed by atoms with Crippen LogP contribution in [0.1, 0.15) is 35.3 Å². The number of hydrogen-bond acceptors (Lipinski definition) is 5. The van der Waals surface area contributed by atoms with Gasteiger partial charge in [0, 0.05) is 53.7 Å². The zero-order valence-corrected chi connectivity index (χ0v) is 19.1. The summed E-state index contributed by atoms with van der Waals surface area (Å²) in [6.07, 6.45) is 2.38. The average Bonchev–Trinajstić information content (AvgIpc) is 3.29. The number of anilines is 1. The van der Waals surface area contributed by atoms with Crippen molar-refractivity contribution in [2.75, 3.05) is 37.6 Å². The van der Waals surface area contributed by atoms with Gasteiger partial charge in [-0.3, -0.25) is 9.59 Å². The van der Waals surface area contributed by atoms with Gasteiger partial charge in [-0.15, -0.1) is 11.3 Å². The Labute approximate surface area is 190 Å². The molecule has 0 radical (unpaired) electrons. The van der Waals surface area contributed by atoms with Crippen LogP contribution in [-0.4, -0.2) is 65.4 Å². The zero-order valence-electron chi connectivity index (χ0n) is 16.8. The summed E-state index contributed by atoms with van der Waals surface area (Å²) < 4.78 is 0. The molecule has 1 unspecified atom stereocenters. The highest BCUT2D eigenvalue weighted by Crippen LogP contribution is 2.26. The average molecular weight is 467 g/mol. The molecule has 2 amide bonds. The van der Waals surface area contributed by atoms with Gasteiger partial charge in [-0.05, 0) is 44.4 Å². The Morgan fingerprint density at radius 1 is 1.03 bits per heavy atom. The van der Waals surface area contributed by atoms with Crippen molar-refractivity contribution >= 4 is 51.5 Å². The first-order valence-corrected chi connectivity index (χ1v) is 11.8. The molecule has 30 heavy (non-hydrogen) atoms. The predicted molar refractivity (Wildman–Crippen MR) is 121 cm³/mol. The van der Waals surface area contributed by atoms with Crippen LogP contribution in [0.3, 0.4) is 0 Å². The quantitative estimate of drug-likeness (QED) is 0.682. The van der Waals surface area contributed by atoms with E-state index in [-0.39, 0.29) is 11.8 Å². The number of carbonyl (C=O) groups is 2. The molecule has 2 aliphatic rings. The minimum atomic E-state index is -0.427. The van der Waals surface area contributed by atoms with Crippen molar-refractivity contribution in [3.05, 3.63) is 44.9 Å². The third-order valence-electron chi connectivity index (χ3n) is 5.59. The minimum absolute atomic E-state index is 0.0335. The summed E-state index contributed by atoms with van der Waals surface area (Å²) in [4.78, 5) is 36.8. The van der Waals surface area contributed by atoms with Crippen molar-refractivity contribution in [1.82, 2.24) is 14.8 Å². The number of halogens is 2. The van der Waals surface area contributed by atoms with Gasteiger partial charge in [0.05, 0.1) is 5.69 Å². The van der Waals surface area contributed by atoms with Crippen LogP contribution in [-0.2, 0) is 4.79 Å². The Morgan fingerprint density at radius 2 is 1.80 bits per heavy atom. The lowest BCUT2D eigenvalue weighted by Crippen LogP contribution is -2.48. The topological polar surface area (TPSA) is 56.8 Å². The van der Waals surface area contributed by atoms with E-state index in [4.69, 9.17) is 23.2 Å². The van der Waals surface area contributed by atoms with Crippen LogP contribution >= 0.6 is 34.5 Å². The number of aryl methyl sites for hydroxylation is 1. The van der Waals surface area contributed by atoms with Gasteiger partial charge >= 0.3 is 0 Å². The van der Waals surface area contributed by atoms with E-state index < -0.39 is 6.04 Å². The molecule has 3 heterocycles. The fraction of sp³-hybridized carbons (Fsp3) is 0.476. The number of rotatable bonds is 3. The number of amides is 2. The van der Waals surface area contributed by atoms with Gasteiger partial charge in [0.25, 0.3) is 5.91 Å². The molecule has 1 aromatic heterocycles. The first-order valence-electron chi connectivity index (χ1n) is 10.2. The molecule has 2 saturated heterocycles. The lowest BCUT2D eigenvalue weighted by atomic mass is 10.1. The van der Waals surface area contributed by atoms with Crippen LogP contribution in [0.4, 0.5) is 5.13 Å². The van der Waals surface area contributed by atoms with Gasteiger partial charge in [-0.2, -0.15) is 0 Å². The van der Waals surface area contributed by atoms with E-state index in [0.29, 0.717) is 41.7 Å². The number of thiazole rings is 1. The molecule has 0 aliphatic carbocycles. The maximum Gasteiger partial charge on any atom is 0.254 e. The molecule has 6 nitrogen and oxygen atoms in total. The van der Waals surface area contributed by atoms with Gasteiger partial charge in [0.2, 0.25) is 5.91 Å². The lowest BCUT2D eigenvalue weighted by Gasteiger charge is -2.30. The van der Waals surface area contributed by atoms with Crippen LogP contribution in [0.15, 0.2) is 23.6 Å². The molecule has 0 N–H and O–H groups in total. The number of carbonyl (C=O) groups excluding carboxylic acids is 2. The molecule has 160 valence electrons. The molecule has 1 aromatic carbocycles. The molecule has 0 saturated carbocycles. The zero-order chi connectivity index (χ0) is 21.3. The van der Waals surface area contributed by atoms with Crippen molar-refractivity contribution in [2.24, 2.45) is 0 Å². The Bertz CT molecular complexity index is 931. The highest BCUT2D eigenvalue weighted by atomic mass is 35.5. The second-order valence-electron chi connectivity index (χ2n) is 7.75. The molecular weight excluding hydrogens is 443 g/mol. The Kier molecular flexibility index (Phi) is 6.51. The van der Waals surface area contributed by atoms with Crippen LogP contribution in [0.5, 0.6) is 0 Å². The molecule has 2 fully saturated rings. The first kappa shape index (κ1) is 21.4. The fourth-order valence-corrected chi connectivity index (χ4v) is 5.52. The van der Waals surface area contributed by atoms with E-state index in [2.05, 4.69) is 9.88 Å². The van der Waals surface area contributed by atoms with E-state index in [0.717, 1.165) is 36.8 Å². The van der Waals surface area contributed by atoms with Gasteiger partial charge in [-0.1, -0.05) is 23.2 Å². The number of nitrogens with zero attached hydrogens (tertiary/aromatic N) is 4. The van der Waals surface area contributed by atoms with Gasteiger partial charge in [0.15, 0.2) is 5.13 Å². The van der Waals surface area contributed by atoms with E-state index in [1.54, 1.807) is 34.4 Å². The van der Waals surface area contributed by atoms with Crippen molar-refractivity contribution in [2.45, 2.75) is 32.2 Å². The van der Waals surface area contributed by atoms with E-state index in [1.807, 2.05) is 17.2 Å². The summed E-state index contributed by atoms with van der Waals surface area (Å²) in [6.45, 7) is 5.53. The number of likely N-dealkylation sites (tertiary alicyclic amines) is 1. The molecule has 9 heteroatoms. The third kappa shape index (κ3) is 4.58. The number of aromatic nitrogens is 1. The standard InChI is InChI=1S/C21H24Cl2N4O2S/c1-14-13-30-21(24-14)26-6-3-5-25(8-9-26)20(29)18-4-2-7-27(18)19(28)15-10-16(22)12-17(23)11-15/h10-13,18H,2-9H2,1H3. The molecular formula is C21H24Cl2N4O2S. The van der Waals surface area contributed by atoms with Crippen LogP contribution in [0, 0.1) is 6.92 Å². The predicted octanol–water partition coefficient (Wildman–Crippen LogP) is 4.10. The lowest BCUT2D eigenvalue weighted by molar-refractivity contribution is -0.135. The van der Waals surface area contributed by atoms with Crippen LogP contribution in [0.2, 0.25) is 10.0 Å². The number of benzene rings is 1. The Hall–Kier alpha value is -1.83. The molecule has 2 aliphatic heterocycles. The van der Waals surface area contributed by atoms with Crippen molar-refractivity contribution in [3.8, 4) is 0 Å². The largest absolute Gasteiger partial charge is 0.346 e. The summed E-state index contributed by atoms with van der Waals surface area (Å²) >= 11 is 13.8. The second-order valence-corrected chi connectivity index (χ2v) is 9.46. The molecule has 4 rings (SSSR count). The minimum Gasteiger partial charge on any atom is -0.346 e. The molecule has 2 aromatic rings. The van der Waals surface area contributed by atoms with Gasteiger partial charge in [-0.25, -0.2) is 4.98 Å².